The number of aromatic hydroxyl groups is 1. The number of hydrogen-bond donors (Lipinski definition) is 2. The van der Waals surface area contributed by atoms with Crippen LogP contribution < -0.4 is 5.32 Å². The Morgan fingerprint density at radius 3 is 2.78 bits per heavy atom. The van der Waals surface area contributed by atoms with E-state index >= 15 is 0 Å². The molecule has 3 nitrogen and oxygen atoms in total. The molecule has 1 heterocycles. The number of nitrogens with zero attached hydrogens (tertiary/aromatic N) is 1. The molecule has 1 aromatic rings. The molecule has 0 spiro atoms. The first-order chi connectivity index (χ1) is 8.58. The van der Waals surface area contributed by atoms with Crippen LogP contribution in [0.25, 0.3) is 0 Å². The van der Waals surface area contributed by atoms with Crippen LogP contribution in [0.5, 0.6) is 5.75 Å². The molecule has 1 aliphatic rings. The highest BCUT2D eigenvalue weighted by Gasteiger charge is 2.17. The lowest BCUT2D eigenvalue weighted by molar-refractivity contribution is 0.384. The van der Waals surface area contributed by atoms with E-state index in [0.717, 1.165) is 25.1 Å². The van der Waals surface area contributed by atoms with Crippen molar-refractivity contribution in [2.45, 2.75) is 38.8 Å². The first kappa shape index (κ1) is 13.4. The fourth-order valence-corrected chi connectivity index (χ4v) is 2.72. The molecule has 18 heavy (non-hydrogen) atoms. The quantitative estimate of drug-likeness (QED) is 0.856. The third kappa shape index (κ3) is 3.03. The maximum Gasteiger partial charge on any atom is 0.120 e. The van der Waals surface area contributed by atoms with Gasteiger partial charge in [0.15, 0.2) is 0 Å². The topological polar surface area (TPSA) is 35.5 Å². The zero-order valence-electron chi connectivity index (χ0n) is 11.7. The highest BCUT2D eigenvalue weighted by atomic mass is 16.3. The lowest BCUT2D eigenvalue weighted by atomic mass is 9.95. The Kier molecular flexibility index (Phi) is 4.25. The lowest BCUT2D eigenvalue weighted by Gasteiger charge is -2.18. The Morgan fingerprint density at radius 1 is 1.39 bits per heavy atom. The van der Waals surface area contributed by atoms with Crippen molar-refractivity contribution < 1.29 is 5.11 Å². The van der Waals surface area contributed by atoms with Gasteiger partial charge in [0.05, 0.1) is 0 Å². The predicted octanol–water partition coefficient (Wildman–Crippen LogP) is 2.06. The summed E-state index contributed by atoms with van der Waals surface area (Å²) in [5.74, 6) is 0.421. The highest BCUT2D eigenvalue weighted by Crippen LogP contribution is 2.26. The summed E-state index contributed by atoms with van der Waals surface area (Å²) < 4.78 is 0. The Balaban J connectivity index is 2.19. The van der Waals surface area contributed by atoms with Gasteiger partial charge >= 0.3 is 0 Å². The van der Waals surface area contributed by atoms with Crippen molar-refractivity contribution in [3.05, 3.63) is 28.8 Å². The first-order valence-electron chi connectivity index (χ1n) is 6.76. The van der Waals surface area contributed by atoms with Crippen molar-refractivity contribution in [1.82, 2.24) is 10.2 Å². The number of phenolic OH excluding ortho intramolecular Hbond substituents is 1. The van der Waals surface area contributed by atoms with E-state index < -0.39 is 0 Å². The number of phenols is 1. The van der Waals surface area contributed by atoms with E-state index in [4.69, 9.17) is 0 Å². The van der Waals surface area contributed by atoms with Gasteiger partial charge in [-0.3, -0.25) is 0 Å². The summed E-state index contributed by atoms with van der Waals surface area (Å²) in [4.78, 5) is 2.10. The molecule has 1 aliphatic heterocycles. The summed E-state index contributed by atoms with van der Waals surface area (Å²) in [5.41, 5.74) is 3.68. The molecule has 1 aromatic carbocycles. The van der Waals surface area contributed by atoms with Crippen molar-refractivity contribution in [2.24, 2.45) is 0 Å². The molecule has 0 aliphatic carbocycles. The fourth-order valence-electron chi connectivity index (χ4n) is 2.72. The fraction of sp³-hybridized carbons (Fsp3) is 0.600. The summed E-state index contributed by atoms with van der Waals surface area (Å²) in [6.07, 6.45) is 3.63. The Morgan fingerprint density at radius 2 is 2.17 bits per heavy atom. The number of benzene rings is 1. The molecule has 1 saturated heterocycles. The molecule has 0 saturated carbocycles. The molecule has 100 valence electrons. The van der Waals surface area contributed by atoms with Crippen molar-refractivity contribution in [2.75, 3.05) is 20.6 Å². The van der Waals surface area contributed by atoms with Crippen molar-refractivity contribution >= 4 is 0 Å². The van der Waals surface area contributed by atoms with Crippen LogP contribution in [0.4, 0.5) is 0 Å². The minimum Gasteiger partial charge on any atom is -0.508 e. The smallest absolute Gasteiger partial charge is 0.120 e. The normalized spacial score (nSPS) is 19.7. The van der Waals surface area contributed by atoms with Gasteiger partial charge in [0.25, 0.3) is 0 Å². The van der Waals surface area contributed by atoms with Gasteiger partial charge in [-0.25, -0.2) is 0 Å². The van der Waals surface area contributed by atoms with Crippen LogP contribution in [0.3, 0.4) is 0 Å². The summed E-state index contributed by atoms with van der Waals surface area (Å²) in [6.45, 7) is 4.07. The summed E-state index contributed by atoms with van der Waals surface area (Å²) >= 11 is 0. The molecule has 2 rings (SSSR count). The van der Waals surface area contributed by atoms with Crippen LogP contribution in [0.1, 0.15) is 29.5 Å². The standard InChI is InChI=1S/C15H24N2O/c1-11-12(9-13-5-4-8-16-13)6-7-15(18)14(11)10-17(2)3/h6-7,13,16,18H,4-5,8-10H2,1-3H3. The van der Waals surface area contributed by atoms with Crippen LogP contribution in [0, 0.1) is 6.92 Å². The maximum atomic E-state index is 9.98. The van der Waals surface area contributed by atoms with Crippen LogP contribution in [0.15, 0.2) is 12.1 Å². The summed E-state index contributed by atoms with van der Waals surface area (Å²) in [7, 11) is 4.06. The molecule has 1 atom stereocenters. The summed E-state index contributed by atoms with van der Waals surface area (Å²) in [5, 5.41) is 13.5. The molecule has 0 bridgehead atoms. The Bertz CT molecular complexity index is 409. The second-order valence-corrected chi connectivity index (χ2v) is 5.58. The highest BCUT2D eigenvalue weighted by molar-refractivity contribution is 5.44. The summed E-state index contributed by atoms with van der Waals surface area (Å²) in [6, 6.07) is 4.53. The maximum absolute atomic E-state index is 9.98. The minimum absolute atomic E-state index is 0.421. The van der Waals surface area contributed by atoms with Gasteiger partial charge in [0, 0.05) is 18.2 Å². The monoisotopic (exact) mass is 248 g/mol. The van der Waals surface area contributed by atoms with Crippen molar-refractivity contribution in [3.8, 4) is 5.75 Å². The van der Waals surface area contributed by atoms with E-state index in [0.29, 0.717) is 11.8 Å². The second-order valence-electron chi connectivity index (χ2n) is 5.58. The van der Waals surface area contributed by atoms with Crippen LogP contribution in [0.2, 0.25) is 0 Å². The van der Waals surface area contributed by atoms with E-state index in [1.807, 2.05) is 20.2 Å². The van der Waals surface area contributed by atoms with Gasteiger partial charge in [-0.2, -0.15) is 0 Å². The average Bonchev–Trinajstić information content (AvgIpc) is 2.81. The molecule has 1 fully saturated rings. The zero-order chi connectivity index (χ0) is 13.1. The average molecular weight is 248 g/mol. The van der Waals surface area contributed by atoms with E-state index in [-0.39, 0.29) is 0 Å². The van der Waals surface area contributed by atoms with Crippen LogP contribution >= 0.6 is 0 Å². The second kappa shape index (κ2) is 5.72. The van der Waals surface area contributed by atoms with E-state index in [1.54, 1.807) is 0 Å². The van der Waals surface area contributed by atoms with Crippen molar-refractivity contribution in [1.29, 1.82) is 0 Å². The molecule has 0 aromatic heterocycles. The third-order valence-electron chi connectivity index (χ3n) is 3.79. The van der Waals surface area contributed by atoms with E-state index in [9.17, 15) is 5.11 Å². The van der Waals surface area contributed by atoms with Gasteiger partial charge < -0.3 is 15.3 Å². The lowest BCUT2D eigenvalue weighted by Crippen LogP contribution is -2.24. The number of rotatable bonds is 4. The molecule has 0 radical (unpaired) electrons. The van der Waals surface area contributed by atoms with Gasteiger partial charge in [0.2, 0.25) is 0 Å². The largest absolute Gasteiger partial charge is 0.508 e. The number of hydrogen-bond acceptors (Lipinski definition) is 3. The SMILES string of the molecule is Cc1c(CC2CCCN2)ccc(O)c1CN(C)C. The van der Waals surface area contributed by atoms with Crippen molar-refractivity contribution in [3.63, 3.8) is 0 Å². The van der Waals surface area contributed by atoms with Gasteiger partial charge in [-0.05, 0) is 64.0 Å². The van der Waals surface area contributed by atoms with Crippen LogP contribution in [-0.2, 0) is 13.0 Å². The molecular weight excluding hydrogens is 224 g/mol. The van der Waals surface area contributed by atoms with Crippen LogP contribution in [-0.4, -0.2) is 36.7 Å². The van der Waals surface area contributed by atoms with E-state index in [2.05, 4.69) is 23.2 Å². The zero-order valence-corrected chi connectivity index (χ0v) is 11.7. The van der Waals surface area contributed by atoms with Gasteiger partial charge in [0.1, 0.15) is 5.75 Å². The molecule has 3 heteroatoms. The first-order valence-corrected chi connectivity index (χ1v) is 6.76. The van der Waals surface area contributed by atoms with Gasteiger partial charge in [-0.15, -0.1) is 0 Å². The number of nitrogens with one attached hydrogen (secondary N) is 1. The third-order valence-corrected chi connectivity index (χ3v) is 3.79. The minimum atomic E-state index is 0.421. The van der Waals surface area contributed by atoms with Gasteiger partial charge in [-0.1, -0.05) is 6.07 Å². The molecule has 0 amide bonds. The Hall–Kier alpha value is -1.06. The molecule has 1 unspecified atom stereocenters. The Labute approximate surface area is 110 Å². The molecule has 2 N–H and O–H groups in total. The predicted molar refractivity (Wildman–Crippen MR) is 75.0 cm³/mol. The molecular formula is C15H24N2O. The van der Waals surface area contributed by atoms with E-state index in [1.165, 1.54) is 24.0 Å².